The molecule has 12 amide bonds. The number of aliphatic hydroxyl groups excluding tert-OH is 1. The number of rotatable bonds is 17. The number of carbonyl (C=O) groups is 12. The number of halogens is 3. The molecule has 11 atom stereocenters. The maximum absolute atomic E-state index is 15.5. The maximum Gasteiger partial charge on any atom is 0.416 e. The largest absolute Gasteiger partial charge is 0.416 e. The van der Waals surface area contributed by atoms with Gasteiger partial charge in [-0.1, -0.05) is 127 Å². The molecule has 2 aliphatic carbocycles. The molecule has 4 aliphatic rings. The molecule has 4 rings (SSSR count). The van der Waals surface area contributed by atoms with Gasteiger partial charge in [0, 0.05) is 62.4 Å². The summed E-state index contributed by atoms with van der Waals surface area (Å²) in [6, 6.07) is -13.5. The zero-order valence-corrected chi connectivity index (χ0v) is 63.5. The van der Waals surface area contributed by atoms with E-state index in [4.69, 9.17) is 4.74 Å². The summed E-state index contributed by atoms with van der Waals surface area (Å²) >= 11 is 0. The zero-order valence-electron chi connectivity index (χ0n) is 63.5. The fourth-order valence-electron chi connectivity index (χ4n) is 14.4. The minimum Gasteiger partial charge on any atom is -0.382 e. The number of nitrogens with one attached hydrogen (secondary N) is 4. The normalized spacial score (nSPS) is 27.4. The highest BCUT2D eigenvalue weighted by molar-refractivity contribution is 6.00. The molecule has 5 N–H and O–H groups in total. The van der Waals surface area contributed by atoms with Crippen LogP contribution in [0, 0.1) is 35.5 Å². The number of carbonyl (C=O) groups excluding carboxylic acids is 12. The summed E-state index contributed by atoms with van der Waals surface area (Å²) in [7, 11) is 9.58. The Labute approximate surface area is 597 Å². The van der Waals surface area contributed by atoms with E-state index in [1.165, 1.54) is 75.9 Å². The lowest BCUT2D eigenvalue weighted by molar-refractivity contribution is -0.217. The summed E-state index contributed by atoms with van der Waals surface area (Å²) < 4.78 is 46.2. The monoisotopic (exact) mass is 1440 g/mol. The number of hydrogen-bond donors (Lipinski definition) is 5. The van der Waals surface area contributed by atoms with E-state index in [-0.39, 0.29) is 68.1 Å². The van der Waals surface area contributed by atoms with Crippen LogP contribution >= 0.6 is 0 Å². The average Bonchev–Trinajstić information content (AvgIpc) is 0.814. The van der Waals surface area contributed by atoms with Crippen molar-refractivity contribution in [3.8, 4) is 0 Å². The van der Waals surface area contributed by atoms with E-state index in [1.807, 2.05) is 27.7 Å². The molecule has 2 aliphatic heterocycles. The molecule has 0 aromatic carbocycles. The molecule has 576 valence electrons. The zero-order chi connectivity index (χ0) is 76.1. The second kappa shape index (κ2) is 40.4. The van der Waals surface area contributed by atoms with E-state index in [0.717, 1.165) is 90.2 Å². The molecule has 26 nitrogen and oxygen atoms in total. The molecule has 0 spiro atoms. The Hall–Kier alpha value is -6.65. The van der Waals surface area contributed by atoms with Gasteiger partial charge >= 0.3 is 6.18 Å². The summed E-state index contributed by atoms with van der Waals surface area (Å²) in [6.45, 7) is 14.9. The Morgan fingerprint density at radius 3 is 1.44 bits per heavy atom. The first-order valence-electron chi connectivity index (χ1n) is 36.9. The predicted octanol–water partition coefficient (Wildman–Crippen LogP) is 4.87. The number of likely N-dealkylation sites (N-methyl/N-ethyl adjacent to an activating group) is 7. The highest BCUT2D eigenvalue weighted by Gasteiger charge is 2.45. The van der Waals surface area contributed by atoms with Gasteiger partial charge < -0.3 is 70.3 Å². The van der Waals surface area contributed by atoms with Gasteiger partial charge in [0.05, 0.1) is 26.2 Å². The van der Waals surface area contributed by atoms with E-state index in [2.05, 4.69) is 21.3 Å². The van der Waals surface area contributed by atoms with Crippen molar-refractivity contribution >= 4 is 70.9 Å². The van der Waals surface area contributed by atoms with Crippen molar-refractivity contribution in [1.29, 1.82) is 0 Å². The molecule has 0 aromatic rings. The molecule has 101 heavy (non-hydrogen) atoms. The van der Waals surface area contributed by atoms with Crippen molar-refractivity contribution in [3.63, 3.8) is 0 Å². The third-order valence-electron chi connectivity index (χ3n) is 20.8. The van der Waals surface area contributed by atoms with Crippen molar-refractivity contribution in [2.45, 2.75) is 270 Å². The predicted molar refractivity (Wildman–Crippen MR) is 374 cm³/mol. The first-order chi connectivity index (χ1) is 47.2. The van der Waals surface area contributed by atoms with Gasteiger partial charge in [0.2, 0.25) is 70.9 Å². The van der Waals surface area contributed by atoms with Gasteiger partial charge in [0.25, 0.3) is 0 Å². The van der Waals surface area contributed by atoms with E-state index in [1.54, 1.807) is 34.6 Å². The molecule has 1 unspecified atom stereocenters. The van der Waals surface area contributed by atoms with Crippen LogP contribution in [0.3, 0.4) is 0 Å². The molecular weight excluding hydrogens is 1310 g/mol. The number of likely N-dealkylation sites (tertiary alicyclic amines) is 1. The van der Waals surface area contributed by atoms with E-state index < -0.39 is 176 Å². The maximum atomic E-state index is 15.5. The fraction of sp³-hybridized carbons (Fsp3) is 0.833. The SMILES string of the molecule is CC[C@H]1C(=O)N(C)[C@@H](CC2CCCCC2)C(=O)N[C@@H](CC(C)C)C(=O)N(C)[C@@H](CC2CCCCC2)C(=O)N(C)[C@@H](C(C)C)C(=O)N[C@@H](COCC(O)C(F)(F)F)C(=O)N(C)CC(=O)N(C)[C@@H](CC(C)C)C(=O)N[C@H](C(=O)N2CCCCC2)CC(=O)N(C)[C@@H](C)C(=O)N[C@@H](CC(C)C)C(=O)N1C. The average molecular weight is 1440 g/mol. The van der Waals surface area contributed by atoms with E-state index in [9.17, 15) is 56.6 Å². The summed E-state index contributed by atoms with van der Waals surface area (Å²) in [5.41, 5.74) is 0. The summed E-state index contributed by atoms with van der Waals surface area (Å²) in [5, 5.41) is 21.1. The molecule has 29 heteroatoms. The second-order valence-corrected chi connectivity index (χ2v) is 30.6. The van der Waals surface area contributed by atoms with Crippen LogP contribution in [-0.4, -0.2) is 270 Å². The number of amides is 12. The van der Waals surface area contributed by atoms with Crippen LogP contribution in [0.15, 0.2) is 0 Å². The quantitative estimate of drug-likeness (QED) is 0.130. The molecule has 2 saturated carbocycles. The van der Waals surface area contributed by atoms with Crippen LogP contribution in [-0.2, 0) is 62.3 Å². The van der Waals surface area contributed by atoms with Gasteiger partial charge in [-0.15, -0.1) is 0 Å². The van der Waals surface area contributed by atoms with Gasteiger partial charge in [-0.3, -0.25) is 57.5 Å². The van der Waals surface area contributed by atoms with E-state index >= 15 is 19.2 Å². The number of aliphatic hydroxyl groups is 1. The lowest BCUT2D eigenvalue weighted by atomic mass is 9.83. The highest BCUT2D eigenvalue weighted by atomic mass is 19.4. The van der Waals surface area contributed by atoms with Gasteiger partial charge in [0.1, 0.15) is 60.4 Å². The third-order valence-corrected chi connectivity index (χ3v) is 20.8. The minimum absolute atomic E-state index is 0.00486. The Balaban J connectivity index is 1.95. The third kappa shape index (κ3) is 25.3. The lowest BCUT2D eigenvalue weighted by Gasteiger charge is -2.40. The van der Waals surface area contributed by atoms with Crippen molar-refractivity contribution in [2.75, 3.05) is 82.2 Å². The number of hydrogen-bond acceptors (Lipinski definition) is 14. The standard InChI is InChI=1S/C72H123F3N12O14/c1-18-54-70(99)84(15)56(37-48-28-22-19-23-29-48)64(93)77-51(35-44(4)5)68(97)85(16)57(38-49-30-24-20-25-31-49)71(100)86(17)61(46(8)9)65(94)79-53(41-101-42-58(88)72(73,74)75)66(95)80(11)40-60(90)82(13)55(36-45(6)7)63(92)78-52(69(98)87-32-26-21-27-33-87)39-59(89)81(12)47(10)62(91)76-50(34-43(2)3)67(96)83(54)14/h43-58,61,88H,18-42H2,1-17H3,(H,76,91)(H,77,93)(H,78,92)(H,79,94)/t47-,50-,51-,52-,53-,54-,55-,56-,57-,58?,61-/m0/s1. The molecule has 0 bridgehead atoms. The summed E-state index contributed by atoms with van der Waals surface area (Å²) in [6.07, 6.45) is 2.50. The molecule has 0 aromatic heterocycles. The highest BCUT2D eigenvalue weighted by Crippen LogP contribution is 2.32. The van der Waals surface area contributed by atoms with Crippen LogP contribution in [0.5, 0.6) is 0 Å². The summed E-state index contributed by atoms with van der Waals surface area (Å²) in [4.78, 5) is 189. The Bertz CT molecular complexity index is 2790. The van der Waals surface area contributed by atoms with Crippen molar-refractivity contribution in [2.24, 2.45) is 35.5 Å². The minimum atomic E-state index is -5.14. The van der Waals surface area contributed by atoms with Crippen molar-refractivity contribution in [1.82, 2.24) is 60.5 Å². The first-order valence-corrected chi connectivity index (χ1v) is 36.9. The lowest BCUT2D eigenvalue weighted by Crippen LogP contribution is -2.62. The smallest absolute Gasteiger partial charge is 0.382 e. The van der Waals surface area contributed by atoms with Crippen LogP contribution in [0.4, 0.5) is 13.2 Å². The Kier molecular flexibility index (Phi) is 34.7. The fourth-order valence-corrected chi connectivity index (χ4v) is 14.4. The van der Waals surface area contributed by atoms with Crippen LogP contribution < -0.4 is 21.3 Å². The number of nitrogens with zero attached hydrogens (tertiary/aromatic N) is 8. The Morgan fingerprint density at radius 1 is 0.505 bits per heavy atom. The van der Waals surface area contributed by atoms with Gasteiger partial charge in [0.15, 0.2) is 6.10 Å². The van der Waals surface area contributed by atoms with Gasteiger partial charge in [-0.2, -0.15) is 13.2 Å². The molecule has 2 heterocycles. The van der Waals surface area contributed by atoms with Crippen molar-refractivity contribution < 1.29 is 80.5 Å². The summed E-state index contributed by atoms with van der Waals surface area (Å²) in [5.74, 6) is -10.4. The molecule has 0 radical (unpaired) electrons. The van der Waals surface area contributed by atoms with Gasteiger partial charge in [-0.25, -0.2) is 0 Å². The molecule has 2 saturated heterocycles. The number of alkyl halides is 3. The van der Waals surface area contributed by atoms with Crippen LogP contribution in [0.25, 0.3) is 0 Å². The topological polar surface area (TPSA) is 308 Å². The Morgan fingerprint density at radius 2 is 0.950 bits per heavy atom. The molecule has 4 fully saturated rings. The van der Waals surface area contributed by atoms with E-state index in [0.29, 0.717) is 25.9 Å². The number of ether oxygens (including phenoxy) is 1. The first kappa shape index (κ1) is 86.8. The van der Waals surface area contributed by atoms with Crippen LogP contribution in [0.1, 0.15) is 198 Å². The van der Waals surface area contributed by atoms with Gasteiger partial charge in [-0.05, 0) is 100 Å². The van der Waals surface area contributed by atoms with Crippen LogP contribution in [0.2, 0.25) is 0 Å². The second-order valence-electron chi connectivity index (χ2n) is 30.6. The molecular formula is C72H123F3N12O14. The van der Waals surface area contributed by atoms with Crippen molar-refractivity contribution in [3.05, 3.63) is 0 Å². The number of piperidine rings is 1.